The Hall–Kier alpha value is -1.63. The summed E-state index contributed by atoms with van der Waals surface area (Å²) in [5, 5.41) is 2.88. The van der Waals surface area contributed by atoms with Gasteiger partial charge in [0, 0.05) is 27.7 Å². The fraction of sp³-hybridized carbons (Fsp3) is 0.750. The zero-order valence-corrected chi connectivity index (χ0v) is 12.3. The average Bonchev–Trinajstić information content (AvgIpc) is 2.37. The molecule has 0 unspecified atom stereocenters. The molecule has 7 heteroatoms. The van der Waals surface area contributed by atoms with Gasteiger partial charge in [0.25, 0.3) is 0 Å². The van der Waals surface area contributed by atoms with Crippen LogP contribution < -0.4 is 15.0 Å². The van der Waals surface area contributed by atoms with Crippen LogP contribution in [0.5, 0.6) is 6.01 Å². The second kappa shape index (κ2) is 7.73. The van der Waals surface area contributed by atoms with Crippen molar-refractivity contribution in [2.45, 2.75) is 13.8 Å². The number of nitrogens with one attached hydrogen (secondary N) is 1. The van der Waals surface area contributed by atoms with Gasteiger partial charge in [-0.25, -0.2) is 0 Å². The Morgan fingerprint density at radius 2 is 1.89 bits per heavy atom. The van der Waals surface area contributed by atoms with Crippen LogP contribution in [0.2, 0.25) is 0 Å². The van der Waals surface area contributed by atoms with Gasteiger partial charge in [0.2, 0.25) is 11.9 Å². The molecule has 0 fully saturated rings. The molecule has 0 saturated carbocycles. The number of hydrogen-bond acceptors (Lipinski definition) is 7. The quantitative estimate of drug-likeness (QED) is 0.707. The summed E-state index contributed by atoms with van der Waals surface area (Å²) in [5.74, 6) is 1.56. The van der Waals surface area contributed by atoms with Gasteiger partial charge in [0.1, 0.15) is 6.61 Å². The Morgan fingerprint density at radius 1 is 1.16 bits per heavy atom. The highest BCUT2D eigenvalue weighted by Crippen LogP contribution is 2.12. The molecule has 1 N–H and O–H groups in total. The van der Waals surface area contributed by atoms with Gasteiger partial charge in [-0.05, 0) is 5.92 Å². The zero-order chi connectivity index (χ0) is 14.3. The summed E-state index contributed by atoms with van der Waals surface area (Å²) >= 11 is 0. The molecule has 0 bridgehead atoms. The fourth-order valence-corrected chi connectivity index (χ4v) is 1.23. The topological polar surface area (TPSA) is 72.4 Å². The van der Waals surface area contributed by atoms with Crippen molar-refractivity contribution in [1.82, 2.24) is 15.0 Å². The van der Waals surface area contributed by atoms with Gasteiger partial charge < -0.3 is 19.7 Å². The van der Waals surface area contributed by atoms with Gasteiger partial charge in [-0.1, -0.05) is 13.8 Å². The van der Waals surface area contributed by atoms with Crippen LogP contribution >= 0.6 is 0 Å². The molecule has 0 aromatic carbocycles. The minimum atomic E-state index is 0.302. The van der Waals surface area contributed by atoms with E-state index in [1.54, 1.807) is 11.9 Å². The molecule has 7 nitrogen and oxygen atoms in total. The number of nitrogens with zero attached hydrogens (tertiary/aromatic N) is 4. The summed E-state index contributed by atoms with van der Waals surface area (Å²) in [4.78, 5) is 14.3. The molecule has 1 rings (SSSR count). The van der Waals surface area contributed by atoms with Crippen molar-refractivity contribution < 1.29 is 9.47 Å². The number of anilines is 2. The second-order valence-electron chi connectivity index (χ2n) is 4.70. The van der Waals surface area contributed by atoms with E-state index >= 15 is 0 Å². The first-order valence-electron chi connectivity index (χ1n) is 6.34. The number of hydrogen-bond donors (Lipinski definition) is 1. The highest BCUT2D eigenvalue weighted by molar-refractivity contribution is 5.36. The van der Waals surface area contributed by atoms with E-state index < -0.39 is 0 Å². The Bertz CT molecular complexity index is 384. The Morgan fingerprint density at radius 3 is 2.47 bits per heavy atom. The van der Waals surface area contributed by atoms with Crippen molar-refractivity contribution in [3.63, 3.8) is 0 Å². The molecule has 0 aliphatic rings. The minimum Gasteiger partial charge on any atom is -0.461 e. The summed E-state index contributed by atoms with van der Waals surface area (Å²) in [6.45, 7) is 5.89. The van der Waals surface area contributed by atoms with Gasteiger partial charge in [-0.15, -0.1) is 0 Å². The lowest BCUT2D eigenvalue weighted by atomic mass is 10.2. The summed E-state index contributed by atoms with van der Waals surface area (Å²) < 4.78 is 10.9. The predicted molar refractivity (Wildman–Crippen MR) is 74.9 cm³/mol. The number of aromatic nitrogens is 3. The van der Waals surface area contributed by atoms with Crippen LogP contribution in [0.25, 0.3) is 0 Å². The SMILES string of the molecule is CNc1nc(OCCOCC(C)C)nc(N(C)C)n1. The third-order valence-electron chi connectivity index (χ3n) is 2.14. The summed E-state index contributed by atoms with van der Waals surface area (Å²) in [6.07, 6.45) is 0. The molecular weight excluding hydrogens is 246 g/mol. The number of rotatable bonds is 8. The third kappa shape index (κ3) is 5.69. The molecule has 19 heavy (non-hydrogen) atoms. The molecule has 0 spiro atoms. The average molecular weight is 269 g/mol. The van der Waals surface area contributed by atoms with Gasteiger partial charge >= 0.3 is 6.01 Å². The Balaban J connectivity index is 2.50. The first-order valence-corrected chi connectivity index (χ1v) is 6.34. The van der Waals surface area contributed by atoms with Crippen molar-refractivity contribution in [1.29, 1.82) is 0 Å². The van der Waals surface area contributed by atoms with Crippen LogP contribution in [0, 0.1) is 5.92 Å². The van der Waals surface area contributed by atoms with E-state index in [9.17, 15) is 0 Å². The van der Waals surface area contributed by atoms with Crippen molar-refractivity contribution in [3.05, 3.63) is 0 Å². The third-order valence-corrected chi connectivity index (χ3v) is 2.14. The summed E-state index contributed by atoms with van der Waals surface area (Å²) in [5.41, 5.74) is 0. The Kier molecular flexibility index (Phi) is 6.27. The van der Waals surface area contributed by atoms with Crippen LogP contribution in [0.3, 0.4) is 0 Å². The molecule has 0 saturated heterocycles. The van der Waals surface area contributed by atoms with E-state index in [1.807, 2.05) is 14.1 Å². The predicted octanol–water partition coefficient (Wildman–Crippen LogP) is 1.03. The van der Waals surface area contributed by atoms with E-state index in [1.165, 1.54) is 0 Å². The van der Waals surface area contributed by atoms with Crippen molar-refractivity contribution in [2.24, 2.45) is 5.92 Å². The fourth-order valence-electron chi connectivity index (χ4n) is 1.23. The molecular formula is C12H23N5O2. The van der Waals surface area contributed by atoms with Crippen LogP contribution in [-0.4, -0.2) is 55.9 Å². The zero-order valence-electron chi connectivity index (χ0n) is 12.3. The maximum Gasteiger partial charge on any atom is 0.323 e. The standard InChI is InChI=1S/C12H23N5O2/c1-9(2)8-18-6-7-19-12-15-10(13-3)14-11(16-12)17(4)5/h9H,6-8H2,1-5H3,(H,13,14,15,16). The first-order chi connectivity index (χ1) is 9.02. The van der Waals surface area contributed by atoms with E-state index in [4.69, 9.17) is 9.47 Å². The van der Waals surface area contributed by atoms with Gasteiger partial charge in [-0.2, -0.15) is 15.0 Å². The lowest BCUT2D eigenvalue weighted by molar-refractivity contribution is 0.0792. The van der Waals surface area contributed by atoms with Crippen LogP contribution in [0.1, 0.15) is 13.8 Å². The molecule has 0 atom stereocenters. The molecule has 0 amide bonds. The maximum absolute atomic E-state index is 5.47. The minimum absolute atomic E-state index is 0.302. The molecule has 0 radical (unpaired) electrons. The molecule has 0 aliphatic heterocycles. The highest BCUT2D eigenvalue weighted by atomic mass is 16.5. The molecule has 0 aliphatic carbocycles. The van der Waals surface area contributed by atoms with Crippen LogP contribution in [-0.2, 0) is 4.74 Å². The molecule has 1 aromatic rings. The smallest absolute Gasteiger partial charge is 0.323 e. The number of ether oxygens (including phenoxy) is 2. The van der Waals surface area contributed by atoms with Crippen LogP contribution in [0.4, 0.5) is 11.9 Å². The second-order valence-corrected chi connectivity index (χ2v) is 4.70. The lowest BCUT2D eigenvalue weighted by Gasteiger charge is -2.13. The summed E-state index contributed by atoms with van der Waals surface area (Å²) in [7, 11) is 5.49. The largest absolute Gasteiger partial charge is 0.461 e. The van der Waals surface area contributed by atoms with Gasteiger partial charge in [-0.3, -0.25) is 0 Å². The van der Waals surface area contributed by atoms with E-state index in [2.05, 4.69) is 34.1 Å². The molecule has 1 heterocycles. The van der Waals surface area contributed by atoms with E-state index in [-0.39, 0.29) is 0 Å². The highest BCUT2D eigenvalue weighted by Gasteiger charge is 2.08. The monoisotopic (exact) mass is 269 g/mol. The van der Waals surface area contributed by atoms with Gasteiger partial charge in [0.15, 0.2) is 0 Å². The van der Waals surface area contributed by atoms with E-state index in [0.29, 0.717) is 37.0 Å². The normalized spacial score (nSPS) is 10.6. The van der Waals surface area contributed by atoms with Crippen LogP contribution in [0.15, 0.2) is 0 Å². The summed E-state index contributed by atoms with van der Waals surface area (Å²) in [6, 6.07) is 0.302. The van der Waals surface area contributed by atoms with Gasteiger partial charge in [0.05, 0.1) is 6.61 Å². The molecule has 108 valence electrons. The maximum atomic E-state index is 5.47. The Labute approximate surface area is 114 Å². The first kappa shape index (κ1) is 15.4. The lowest BCUT2D eigenvalue weighted by Crippen LogP contribution is -2.17. The van der Waals surface area contributed by atoms with Crippen molar-refractivity contribution >= 4 is 11.9 Å². The molecule has 1 aromatic heterocycles. The van der Waals surface area contributed by atoms with Crippen molar-refractivity contribution in [3.8, 4) is 6.01 Å². The van der Waals surface area contributed by atoms with Crippen molar-refractivity contribution in [2.75, 3.05) is 51.2 Å². The van der Waals surface area contributed by atoms with E-state index in [0.717, 1.165) is 6.61 Å².